The standard InChI is InChI=1S/C16H21N3O5/c17-14(20)11-6-7-12(13(8-11)18-15(21)22)19-16(23)24-9-10-4-2-1-3-5-10/h1-5,11-13,18H,6-9H2,(H2,17,20)(H,19,23)(H,21,22)/t11-,12-,13+/m0/s1. The summed E-state index contributed by atoms with van der Waals surface area (Å²) in [5, 5.41) is 13.9. The average Bonchev–Trinajstić information content (AvgIpc) is 2.55. The monoisotopic (exact) mass is 335 g/mol. The topological polar surface area (TPSA) is 131 Å². The van der Waals surface area contributed by atoms with Crippen molar-refractivity contribution in [2.24, 2.45) is 11.7 Å². The summed E-state index contributed by atoms with van der Waals surface area (Å²) in [5.41, 5.74) is 6.14. The minimum atomic E-state index is -1.21. The van der Waals surface area contributed by atoms with Crippen LogP contribution in [-0.4, -0.2) is 35.3 Å². The maximum Gasteiger partial charge on any atom is 0.407 e. The lowest BCUT2D eigenvalue weighted by molar-refractivity contribution is -0.123. The zero-order chi connectivity index (χ0) is 17.5. The summed E-state index contributed by atoms with van der Waals surface area (Å²) < 4.78 is 5.14. The van der Waals surface area contributed by atoms with Crippen LogP contribution in [0.25, 0.3) is 0 Å². The third-order valence-electron chi connectivity index (χ3n) is 4.08. The summed E-state index contributed by atoms with van der Waals surface area (Å²) in [6.07, 6.45) is -0.644. The SMILES string of the molecule is NC(=O)[C@H]1CC[C@H](NC(=O)OCc2ccccc2)[C@H](NC(=O)O)C1. The van der Waals surface area contributed by atoms with Gasteiger partial charge in [-0.05, 0) is 24.8 Å². The number of amides is 3. The Morgan fingerprint density at radius 2 is 1.83 bits per heavy atom. The van der Waals surface area contributed by atoms with E-state index in [4.69, 9.17) is 15.6 Å². The number of carbonyl (C=O) groups excluding carboxylic acids is 2. The van der Waals surface area contributed by atoms with Gasteiger partial charge in [0.1, 0.15) is 6.61 Å². The molecule has 1 aromatic carbocycles. The fraction of sp³-hybridized carbons (Fsp3) is 0.438. The number of carbonyl (C=O) groups is 3. The number of carboxylic acid groups (broad SMARTS) is 1. The van der Waals surface area contributed by atoms with E-state index in [0.717, 1.165) is 5.56 Å². The number of rotatable bonds is 5. The van der Waals surface area contributed by atoms with Crippen LogP contribution in [0.4, 0.5) is 9.59 Å². The Balaban J connectivity index is 1.89. The van der Waals surface area contributed by atoms with Crippen molar-refractivity contribution in [3.05, 3.63) is 35.9 Å². The fourth-order valence-corrected chi connectivity index (χ4v) is 2.84. The highest BCUT2D eigenvalue weighted by atomic mass is 16.5. The molecule has 3 amide bonds. The maximum absolute atomic E-state index is 11.9. The Hall–Kier alpha value is -2.77. The Labute approximate surface area is 139 Å². The molecule has 24 heavy (non-hydrogen) atoms. The van der Waals surface area contributed by atoms with Gasteiger partial charge >= 0.3 is 12.2 Å². The van der Waals surface area contributed by atoms with Gasteiger partial charge < -0.3 is 26.2 Å². The predicted molar refractivity (Wildman–Crippen MR) is 85.0 cm³/mol. The van der Waals surface area contributed by atoms with E-state index in [0.29, 0.717) is 12.8 Å². The molecule has 8 heteroatoms. The van der Waals surface area contributed by atoms with Crippen molar-refractivity contribution in [1.82, 2.24) is 10.6 Å². The molecule has 1 fully saturated rings. The van der Waals surface area contributed by atoms with E-state index in [1.807, 2.05) is 30.3 Å². The average molecular weight is 335 g/mol. The number of alkyl carbamates (subject to hydrolysis) is 1. The molecule has 130 valence electrons. The third kappa shape index (κ3) is 5.15. The molecule has 0 unspecified atom stereocenters. The van der Waals surface area contributed by atoms with E-state index < -0.39 is 36.1 Å². The van der Waals surface area contributed by atoms with Crippen LogP contribution in [0, 0.1) is 5.92 Å². The van der Waals surface area contributed by atoms with Gasteiger partial charge in [0.15, 0.2) is 0 Å². The van der Waals surface area contributed by atoms with E-state index >= 15 is 0 Å². The molecule has 1 aromatic rings. The molecule has 0 bridgehead atoms. The number of benzene rings is 1. The van der Waals surface area contributed by atoms with Gasteiger partial charge in [-0.15, -0.1) is 0 Å². The lowest BCUT2D eigenvalue weighted by atomic mass is 9.82. The molecular weight excluding hydrogens is 314 g/mol. The van der Waals surface area contributed by atoms with Crippen molar-refractivity contribution in [1.29, 1.82) is 0 Å². The van der Waals surface area contributed by atoms with Gasteiger partial charge in [0, 0.05) is 5.92 Å². The highest BCUT2D eigenvalue weighted by Gasteiger charge is 2.35. The Bertz CT molecular complexity index is 593. The van der Waals surface area contributed by atoms with Crippen LogP contribution in [0.15, 0.2) is 30.3 Å². The Kier molecular flexibility index (Phi) is 6.00. The summed E-state index contributed by atoms with van der Waals surface area (Å²) in [4.78, 5) is 34.2. The van der Waals surface area contributed by atoms with Gasteiger partial charge in [-0.2, -0.15) is 0 Å². The van der Waals surface area contributed by atoms with Gasteiger partial charge in [0.05, 0.1) is 12.1 Å². The first-order chi connectivity index (χ1) is 11.5. The first-order valence-electron chi connectivity index (χ1n) is 7.71. The van der Waals surface area contributed by atoms with Crippen LogP contribution < -0.4 is 16.4 Å². The number of primary amides is 1. The van der Waals surface area contributed by atoms with Crippen molar-refractivity contribution in [3.63, 3.8) is 0 Å². The molecule has 8 nitrogen and oxygen atoms in total. The first-order valence-corrected chi connectivity index (χ1v) is 7.71. The molecule has 1 aliphatic rings. The van der Waals surface area contributed by atoms with Crippen LogP contribution in [-0.2, 0) is 16.1 Å². The van der Waals surface area contributed by atoms with Crippen LogP contribution in [0.2, 0.25) is 0 Å². The van der Waals surface area contributed by atoms with Crippen LogP contribution in [0.1, 0.15) is 24.8 Å². The van der Waals surface area contributed by atoms with Crippen molar-refractivity contribution < 1.29 is 24.2 Å². The summed E-state index contributed by atoms with van der Waals surface area (Å²) in [5.74, 6) is -0.863. The van der Waals surface area contributed by atoms with Crippen LogP contribution in [0.5, 0.6) is 0 Å². The smallest absolute Gasteiger partial charge is 0.407 e. The molecule has 1 saturated carbocycles. The number of nitrogens with one attached hydrogen (secondary N) is 2. The fourth-order valence-electron chi connectivity index (χ4n) is 2.84. The molecule has 5 N–H and O–H groups in total. The number of nitrogens with two attached hydrogens (primary N) is 1. The Morgan fingerprint density at radius 3 is 2.46 bits per heavy atom. The number of hydrogen-bond acceptors (Lipinski definition) is 4. The van der Waals surface area contributed by atoms with E-state index in [-0.39, 0.29) is 13.0 Å². The largest absolute Gasteiger partial charge is 0.465 e. The quantitative estimate of drug-likeness (QED) is 0.642. The molecule has 0 spiro atoms. The second-order valence-electron chi connectivity index (χ2n) is 5.78. The van der Waals surface area contributed by atoms with E-state index in [2.05, 4.69) is 10.6 Å². The molecule has 3 atom stereocenters. The molecule has 0 radical (unpaired) electrons. The number of ether oxygens (including phenoxy) is 1. The lowest BCUT2D eigenvalue weighted by Gasteiger charge is -2.34. The van der Waals surface area contributed by atoms with Crippen molar-refractivity contribution >= 4 is 18.1 Å². The molecule has 0 aliphatic heterocycles. The van der Waals surface area contributed by atoms with E-state index in [1.54, 1.807) is 0 Å². The zero-order valence-corrected chi connectivity index (χ0v) is 13.1. The van der Waals surface area contributed by atoms with Crippen molar-refractivity contribution in [2.75, 3.05) is 0 Å². The highest BCUT2D eigenvalue weighted by Crippen LogP contribution is 2.24. The number of hydrogen-bond donors (Lipinski definition) is 4. The van der Waals surface area contributed by atoms with Gasteiger partial charge in [-0.25, -0.2) is 9.59 Å². The lowest BCUT2D eigenvalue weighted by Crippen LogP contribution is -2.55. The van der Waals surface area contributed by atoms with Crippen molar-refractivity contribution in [2.45, 2.75) is 38.0 Å². The first kappa shape index (κ1) is 17.6. The third-order valence-corrected chi connectivity index (χ3v) is 4.08. The summed E-state index contributed by atoms with van der Waals surface area (Å²) in [6.45, 7) is 0.125. The van der Waals surface area contributed by atoms with Gasteiger partial charge in [-0.1, -0.05) is 30.3 Å². The second kappa shape index (κ2) is 8.19. The van der Waals surface area contributed by atoms with Gasteiger partial charge in [0.25, 0.3) is 0 Å². The molecule has 0 aromatic heterocycles. The zero-order valence-electron chi connectivity index (χ0n) is 13.1. The molecule has 2 rings (SSSR count). The molecule has 0 saturated heterocycles. The molecular formula is C16H21N3O5. The van der Waals surface area contributed by atoms with Crippen LogP contribution in [0.3, 0.4) is 0 Å². The minimum Gasteiger partial charge on any atom is -0.465 e. The molecule has 0 heterocycles. The van der Waals surface area contributed by atoms with Crippen molar-refractivity contribution in [3.8, 4) is 0 Å². The highest BCUT2D eigenvalue weighted by molar-refractivity contribution is 5.77. The Morgan fingerprint density at radius 1 is 1.12 bits per heavy atom. The predicted octanol–water partition coefficient (Wildman–Crippen LogP) is 1.20. The molecule has 1 aliphatic carbocycles. The van der Waals surface area contributed by atoms with Gasteiger partial charge in [-0.3, -0.25) is 4.79 Å². The van der Waals surface area contributed by atoms with Gasteiger partial charge in [0.2, 0.25) is 5.91 Å². The summed E-state index contributed by atoms with van der Waals surface area (Å²) in [7, 11) is 0. The van der Waals surface area contributed by atoms with Crippen LogP contribution >= 0.6 is 0 Å². The summed E-state index contributed by atoms with van der Waals surface area (Å²) in [6, 6.07) is 8.18. The minimum absolute atomic E-state index is 0.125. The normalized spacial score (nSPS) is 23.1. The van der Waals surface area contributed by atoms with E-state index in [1.165, 1.54) is 0 Å². The second-order valence-corrected chi connectivity index (χ2v) is 5.78. The maximum atomic E-state index is 11.9. The summed E-state index contributed by atoms with van der Waals surface area (Å²) >= 11 is 0. The van der Waals surface area contributed by atoms with E-state index in [9.17, 15) is 14.4 Å².